The maximum atomic E-state index is 12.3. The van der Waals surface area contributed by atoms with Gasteiger partial charge in [-0.1, -0.05) is 0 Å². The molecule has 0 aliphatic heterocycles. The molecule has 0 aliphatic carbocycles. The van der Waals surface area contributed by atoms with Gasteiger partial charge in [-0.3, -0.25) is 15.1 Å². The number of rotatable bonds is 2. The van der Waals surface area contributed by atoms with Crippen molar-refractivity contribution in [3.05, 3.63) is 30.0 Å². The zero-order valence-corrected chi connectivity index (χ0v) is 10.1. The summed E-state index contributed by atoms with van der Waals surface area (Å²) in [4.78, 5) is 13.2. The summed E-state index contributed by atoms with van der Waals surface area (Å²) in [5.74, 6) is 0. The van der Waals surface area contributed by atoms with Crippen LogP contribution in [0.15, 0.2) is 10.7 Å². The maximum absolute atomic E-state index is 12.3. The molecule has 0 aromatic carbocycles. The van der Waals surface area contributed by atoms with Gasteiger partial charge in [0, 0.05) is 6.20 Å². The summed E-state index contributed by atoms with van der Waals surface area (Å²) >= 11 is 4.41. The van der Waals surface area contributed by atoms with Crippen LogP contribution in [0.25, 0.3) is 0 Å². The highest BCUT2D eigenvalue weighted by Crippen LogP contribution is 2.35. The first-order valence-corrected chi connectivity index (χ1v) is 5.08. The maximum Gasteiger partial charge on any atom is 0.300 e. The van der Waals surface area contributed by atoms with Gasteiger partial charge in [-0.15, -0.1) is 0 Å². The van der Waals surface area contributed by atoms with Gasteiger partial charge in [0.15, 0.2) is 0 Å². The molecule has 0 bridgehead atoms. The number of pyridine rings is 1. The smallest absolute Gasteiger partial charge is 0.258 e. The van der Waals surface area contributed by atoms with Crippen LogP contribution in [0.1, 0.15) is 12.1 Å². The molecule has 1 aromatic heterocycles. The molecule has 0 spiro atoms. The predicted octanol–water partition coefficient (Wildman–Crippen LogP) is 3.29. The number of nitro groups is 1. The van der Waals surface area contributed by atoms with E-state index in [0.29, 0.717) is 0 Å². The van der Waals surface area contributed by atoms with Crippen LogP contribution in [0.4, 0.5) is 14.5 Å². The Morgan fingerprint density at radius 3 is 2.64 bits per heavy atom. The Bertz CT molecular complexity index is 388. The Labute approximate surface area is 99.1 Å². The third-order valence-corrected chi connectivity index (χ3v) is 2.94. The number of halogens is 4. The lowest BCUT2D eigenvalue weighted by molar-refractivity contribution is -0.386. The first kappa shape index (κ1) is 11.7. The molecule has 0 atom stereocenters. The molecule has 0 aliphatic rings. The highest BCUT2D eigenvalue weighted by atomic mass is 127. The van der Waals surface area contributed by atoms with Gasteiger partial charge in [-0.2, -0.15) is 0 Å². The molecular formula is C6H2BrF2IN2O2. The Morgan fingerprint density at radius 1 is 1.64 bits per heavy atom. The Morgan fingerprint density at radius 2 is 2.21 bits per heavy atom. The van der Waals surface area contributed by atoms with Crippen LogP contribution in [0, 0.1) is 13.7 Å². The van der Waals surface area contributed by atoms with Crippen LogP contribution >= 0.6 is 38.5 Å². The lowest BCUT2D eigenvalue weighted by Crippen LogP contribution is -2.00. The summed E-state index contributed by atoms with van der Waals surface area (Å²) in [6.45, 7) is 0. The van der Waals surface area contributed by atoms with E-state index in [1.165, 1.54) is 0 Å². The normalized spacial score (nSPS) is 10.6. The van der Waals surface area contributed by atoms with E-state index in [2.05, 4.69) is 20.9 Å². The fourth-order valence-corrected chi connectivity index (χ4v) is 2.40. The molecule has 0 unspecified atom stereocenters. The molecule has 4 nitrogen and oxygen atoms in total. The van der Waals surface area contributed by atoms with Crippen LogP contribution in [0.2, 0.25) is 0 Å². The van der Waals surface area contributed by atoms with E-state index < -0.39 is 17.0 Å². The van der Waals surface area contributed by atoms with Crippen molar-refractivity contribution in [2.45, 2.75) is 6.43 Å². The Balaban J connectivity index is 3.41. The van der Waals surface area contributed by atoms with Gasteiger partial charge < -0.3 is 0 Å². The van der Waals surface area contributed by atoms with Crippen molar-refractivity contribution in [3.63, 3.8) is 0 Å². The van der Waals surface area contributed by atoms with Crippen molar-refractivity contribution in [2.24, 2.45) is 0 Å². The molecule has 8 heteroatoms. The van der Waals surface area contributed by atoms with Crippen LogP contribution < -0.4 is 0 Å². The summed E-state index contributed by atoms with van der Waals surface area (Å²) in [5, 5.41) is 10.5. The van der Waals surface area contributed by atoms with Gasteiger partial charge in [0.1, 0.15) is 13.7 Å². The summed E-state index contributed by atoms with van der Waals surface area (Å²) in [6.07, 6.45) is -1.79. The fraction of sp³-hybridized carbons (Fsp3) is 0.167. The molecule has 0 fully saturated rings. The average Bonchev–Trinajstić information content (AvgIpc) is 2.02. The quantitative estimate of drug-likeness (QED) is 0.450. The van der Waals surface area contributed by atoms with E-state index in [-0.39, 0.29) is 13.7 Å². The lowest BCUT2D eigenvalue weighted by Gasteiger charge is -2.03. The Hall–Kier alpha value is -0.380. The molecule has 0 amide bonds. The molecule has 1 heterocycles. The molecule has 0 saturated carbocycles. The third-order valence-electron chi connectivity index (χ3n) is 1.37. The molecule has 1 rings (SSSR count). The predicted molar refractivity (Wildman–Crippen MR) is 56.3 cm³/mol. The van der Waals surface area contributed by atoms with Gasteiger partial charge >= 0.3 is 0 Å². The molecular weight excluding hydrogens is 377 g/mol. The van der Waals surface area contributed by atoms with E-state index in [9.17, 15) is 18.9 Å². The largest absolute Gasteiger partial charge is 0.300 e. The van der Waals surface area contributed by atoms with Crippen molar-refractivity contribution in [1.29, 1.82) is 0 Å². The standard InChI is InChI=1S/C6H2BrF2IN2O2/c7-3-4(6(8)9)11-1-2(10)5(3)12(13)14/h1,6H. The molecule has 0 saturated heterocycles. The van der Waals surface area contributed by atoms with Gasteiger partial charge in [0.05, 0.1) is 4.92 Å². The highest BCUT2D eigenvalue weighted by Gasteiger charge is 2.25. The van der Waals surface area contributed by atoms with E-state index in [1.54, 1.807) is 22.6 Å². The minimum atomic E-state index is -2.83. The average molecular weight is 379 g/mol. The van der Waals surface area contributed by atoms with Crippen molar-refractivity contribution in [1.82, 2.24) is 4.98 Å². The van der Waals surface area contributed by atoms with E-state index in [0.717, 1.165) is 6.20 Å². The summed E-state index contributed by atoms with van der Waals surface area (Å²) in [7, 11) is 0. The number of hydrogen-bond acceptors (Lipinski definition) is 3. The van der Waals surface area contributed by atoms with Gasteiger partial charge in [-0.05, 0) is 38.5 Å². The van der Waals surface area contributed by atoms with Crippen LogP contribution in [0.3, 0.4) is 0 Å². The zero-order chi connectivity index (χ0) is 10.9. The summed E-state index contributed by atoms with van der Waals surface area (Å²) < 4.78 is 24.5. The third kappa shape index (κ3) is 2.16. The Kier molecular flexibility index (Phi) is 3.70. The van der Waals surface area contributed by atoms with Crippen molar-refractivity contribution in [2.75, 3.05) is 0 Å². The molecule has 0 radical (unpaired) electrons. The van der Waals surface area contributed by atoms with Crippen LogP contribution in [-0.2, 0) is 0 Å². The van der Waals surface area contributed by atoms with Crippen molar-refractivity contribution >= 4 is 44.2 Å². The van der Waals surface area contributed by atoms with E-state index >= 15 is 0 Å². The van der Waals surface area contributed by atoms with Gasteiger partial charge in [0.2, 0.25) is 0 Å². The van der Waals surface area contributed by atoms with E-state index in [4.69, 9.17) is 0 Å². The summed E-state index contributed by atoms with van der Waals surface area (Å²) in [5.41, 5.74) is -0.993. The molecule has 0 N–H and O–H groups in total. The second kappa shape index (κ2) is 4.43. The molecule has 1 aromatic rings. The second-order valence-electron chi connectivity index (χ2n) is 2.21. The second-order valence-corrected chi connectivity index (χ2v) is 4.17. The highest BCUT2D eigenvalue weighted by molar-refractivity contribution is 14.1. The lowest BCUT2D eigenvalue weighted by atomic mass is 10.3. The zero-order valence-electron chi connectivity index (χ0n) is 6.38. The number of alkyl halides is 2. The molecule has 14 heavy (non-hydrogen) atoms. The van der Waals surface area contributed by atoms with Crippen molar-refractivity contribution < 1.29 is 13.7 Å². The van der Waals surface area contributed by atoms with E-state index in [1.807, 2.05) is 0 Å². The first-order chi connectivity index (χ1) is 6.45. The number of nitrogens with zero attached hydrogens (tertiary/aromatic N) is 2. The van der Waals surface area contributed by atoms with Crippen LogP contribution in [0.5, 0.6) is 0 Å². The topological polar surface area (TPSA) is 56.0 Å². The van der Waals surface area contributed by atoms with Gasteiger partial charge in [0.25, 0.3) is 12.1 Å². The first-order valence-electron chi connectivity index (χ1n) is 3.21. The fourth-order valence-electron chi connectivity index (χ4n) is 0.790. The SMILES string of the molecule is O=[N+]([O-])c1c(I)cnc(C(F)F)c1Br. The van der Waals surface area contributed by atoms with Gasteiger partial charge in [-0.25, -0.2) is 8.78 Å². The molecule has 76 valence electrons. The van der Waals surface area contributed by atoms with Crippen LogP contribution in [-0.4, -0.2) is 9.91 Å². The minimum Gasteiger partial charge on any atom is -0.258 e. The number of aromatic nitrogens is 1. The minimum absolute atomic E-state index is 0.212. The van der Waals surface area contributed by atoms with Crippen molar-refractivity contribution in [3.8, 4) is 0 Å². The monoisotopic (exact) mass is 378 g/mol. The summed E-state index contributed by atoms with van der Waals surface area (Å²) in [6, 6.07) is 0. The number of hydrogen-bond donors (Lipinski definition) is 0.